The Labute approximate surface area is 111 Å². The second kappa shape index (κ2) is 6.00. The average molecular weight is 269 g/mol. The normalized spacial score (nSPS) is 12.9. The Balaban J connectivity index is 2.53. The van der Waals surface area contributed by atoms with E-state index in [9.17, 15) is 9.59 Å². The highest BCUT2D eigenvalue weighted by Crippen LogP contribution is 2.12. The maximum Gasteiger partial charge on any atom is 0.349 e. The van der Waals surface area contributed by atoms with Crippen LogP contribution < -0.4 is 5.32 Å². The van der Waals surface area contributed by atoms with Crippen molar-refractivity contribution in [1.82, 2.24) is 5.32 Å². The van der Waals surface area contributed by atoms with Crippen LogP contribution in [-0.2, 0) is 9.53 Å². The fourth-order valence-corrected chi connectivity index (χ4v) is 1.80. The zero-order valence-corrected chi connectivity index (χ0v) is 12.0. The number of hydrogen-bond donors (Lipinski definition) is 1. The smallest absolute Gasteiger partial charge is 0.349 e. The second-order valence-corrected chi connectivity index (χ2v) is 5.70. The number of hydrogen-bond acceptors (Lipinski definition) is 4. The number of thiophene rings is 1. The molecule has 1 aromatic heterocycles. The minimum absolute atomic E-state index is 0.272. The lowest BCUT2D eigenvalue weighted by Gasteiger charge is -2.26. The van der Waals surface area contributed by atoms with Crippen LogP contribution in [0.25, 0.3) is 0 Å². The van der Waals surface area contributed by atoms with E-state index in [2.05, 4.69) is 5.32 Å². The molecule has 1 heterocycles. The molecule has 1 rings (SSSR count). The molecule has 5 heteroatoms. The Hall–Kier alpha value is -1.36. The minimum Gasteiger partial charge on any atom is -0.448 e. The molecule has 1 amide bonds. The molecule has 1 N–H and O–H groups in total. The summed E-state index contributed by atoms with van der Waals surface area (Å²) in [5, 5.41) is 4.64. The molecule has 0 bridgehead atoms. The zero-order valence-electron chi connectivity index (χ0n) is 11.1. The van der Waals surface area contributed by atoms with E-state index >= 15 is 0 Å². The molecular weight excluding hydrogens is 250 g/mol. The number of esters is 1. The number of nitrogens with one attached hydrogen (secondary N) is 1. The minimum atomic E-state index is -0.787. The molecule has 0 aromatic carbocycles. The standard InChI is InChI=1S/C13H19NO3S/c1-5-13(3,4)14-11(15)9(2)17-12(16)10-7-6-8-18-10/h6-9H,5H2,1-4H3,(H,14,15)/t9-/m1/s1. The van der Waals surface area contributed by atoms with Gasteiger partial charge in [0.05, 0.1) is 0 Å². The molecule has 0 unspecified atom stereocenters. The summed E-state index contributed by atoms with van der Waals surface area (Å²) in [6.07, 6.45) is 0.0232. The maximum absolute atomic E-state index is 11.8. The first kappa shape index (κ1) is 14.7. The Morgan fingerprint density at radius 2 is 2.17 bits per heavy atom. The third kappa shape index (κ3) is 4.14. The van der Waals surface area contributed by atoms with Crippen molar-refractivity contribution in [2.75, 3.05) is 0 Å². The zero-order chi connectivity index (χ0) is 13.8. The summed E-state index contributed by atoms with van der Waals surface area (Å²) in [6, 6.07) is 3.44. The lowest BCUT2D eigenvalue weighted by Crippen LogP contribution is -2.47. The van der Waals surface area contributed by atoms with E-state index in [0.717, 1.165) is 6.42 Å². The quantitative estimate of drug-likeness (QED) is 0.836. The van der Waals surface area contributed by atoms with Crippen LogP contribution in [0.2, 0.25) is 0 Å². The van der Waals surface area contributed by atoms with Gasteiger partial charge in [0, 0.05) is 5.54 Å². The molecule has 0 spiro atoms. The summed E-state index contributed by atoms with van der Waals surface area (Å²) in [7, 11) is 0. The van der Waals surface area contributed by atoms with Crippen molar-refractivity contribution in [2.24, 2.45) is 0 Å². The molecule has 0 saturated heterocycles. The molecule has 0 aliphatic heterocycles. The fraction of sp³-hybridized carbons (Fsp3) is 0.538. The molecule has 0 aliphatic rings. The van der Waals surface area contributed by atoms with E-state index in [4.69, 9.17) is 4.74 Å². The number of carbonyl (C=O) groups excluding carboxylic acids is 2. The molecule has 1 aromatic rings. The van der Waals surface area contributed by atoms with Gasteiger partial charge in [-0.2, -0.15) is 0 Å². The van der Waals surface area contributed by atoms with Crippen LogP contribution in [0.1, 0.15) is 43.8 Å². The highest BCUT2D eigenvalue weighted by Gasteiger charge is 2.24. The van der Waals surface area contributed by atoms with Crippen LogP contribution in [0.15, 0.2) is 17.5 Å². The van der Waals surface area contributed by atoms with Crippen LogP contribution in [0.3, 0.4) is 0 Å². The van der Waals surface area contributed by atoms with E-state index in [1.165, 1.54) is 11.3 Å². The van der Waals surface area contributed by atoms with Gasteiger partial charge in [-0.15, -0.1) is 11.3 Å². The Bertz CT molecular complexity index is 412. The van der Waals surface area contributed by atoms with Gasteiger partial charge < -0.3 is 10.1 Å². The van der Waals surface area contributed by atoms with Gasteiger partial charge in [0.2, 0.25) is 0 Å². The Morgan fingerprint density at radius 1 is 1.50 bits per heavy atom. The van der Waals surface area contributed by atoms with Crippen LogP contribution in [0, 0.1) is 0 Å². The topological polar surface area (TPSA) is 55.4 Å². The van der Waals surface area contributed by atoms with Gasteiger partial charge in [0.25, 0.3) is 5.91 Å². The van der Waals surface area contributed by atoms with Gasteiger partial charge in [0.15, 0.2) is 6.10 Å². The first-order valence-electron chi connectivity index (χ1n) is 5.92. The predicted molar refractivity (Wildman–Crippen MR) is 71.7 cm³/mol. The first-order chi connectivity index (χ1) is 8.35. The maximum atomic E-state index is 11.8. The van der Waals surface area contributed by atoms with Gasteiger partial charge in [-0.05, 0) is 38.6 Å². The highest BCUT2D eigenvalue weighted by atomic mass is 32.1. The summed E-state index contributed by atoms with van der Waals surface area (Å²) in [6.45, 7) is 7.42. The van der Waals surface area contributed by atoms with E-state index < -0.39 is 12.1 Å². The lowest BCUT2D eigenvalue weighted by molar-refractivity contribution is -0.130. The van der Waals surface area contributed by atoms with E-state index in [1.807, 2.05) is 20.8 Å². The van der Waals surface area contributed by atoms with Crippen LogP contribution in [0.4, 0.5) is 0 Å². The van der Waals surface area contributed by atoms with Crippen LogP contribution >= 0.6 is 11.3 Å². The van der Waals surface area contributed by atoms with Gasteiger partial charge in [0.1, 0.15) is 4.88 Å². The summed E-state index contributed by atoms with van der Waals surface area (Å²) in [5.74, 6) is -0.728. The van der Waals surface area contributed by atoms with Gasteiger partial charge in [-0.25, -0.2) is 4.79 Å². The molecular formula is C13H19NO3S. The molecule has 0 aliphatic carbocycles. The summed E-state index contributed by atoms with van der Waals surface area (Å²) in [4.78, 5) is 24.0. The van der Waals surface area contributed by atoms with Crippen LogP contribution in [0.5, 0.6) is 0 Å². The average Bonchev–Trinajstić information content (AvgIpc) is 2.81. The van der Waals surface area contributed by atoms with Crippen molar-refractivity contribution in [2.45, 2.75) is 45.8 Å². The molecule has 0 saturated carbocycles. The molecule has 0 radical (unpaired) electrons. The number of rotatable bonds is 5. The largest absolute Gasteiger partial charge is 0.448 e. The Morgan fingerprint density at radius 3 is 2.67 bits per heavy atom. The monoisotopic (exact) mass is 269 g/mol. The molecule has 1 atom stereocenters. The fourth-order valence-electron chi connectivity index (χ4n) is 1.19. The van der Waals surface area contributed by atoms with Crippen molar-refractivity contribution in [3.8, 4) is 0 Å². The second-order valence-electron chi connectivity index (χ2n) is 4.75. The number of amides is 1. The third-order valence-corrected chi connectivity index (χ3v) is 3.57. The number of ether oxygens (including phenoxy) is 1. The van der Waals surface area contributed by atoms with Gasteiger partial charge in [-0.1, -0.05) is 13.0 Å². The highest BCUT2D eigenvalue weighted by molar-refractivity contribution is 7.11. The van der Waals surface area contributed by atoms with Crippen LogP contribution in [-0.4, -0.2) is 23.5 Å². The lowest BCUT2D eigenvalue weighted by atomic mass is 10.0. The summed E-state index contributed by atoms with van der Waals surface area (Å²) < 4.78 is 5.11. The van der Waals surface area contributed by atoms with E-state index in [0.29, 0.717) is 4.88 Å². The van der Waals surface area contributed by atoms with E-state index in [-0.39, 0.29) is 11.4 Å². The summed E-state index contributed by atoms with van der Waals surface area (Å²) in [5.41, 5.74) is -0.291. The Kier molecular flexibility index (Phi) is 4.90. The SMILES string of the molecule is CCC(C)(C)NC(=O)[C@@H](C)OC(=O)c1cccs1. The van der Waals surface area contributed by atoms with Crippen molar-refractivity contribution >= 4 is 23.2 Å². The molecule has 0 fully saturated rings. The van der Waals surface area contributed by atoms with E-state index in [1.54, 1.807) is 24.4 Å². The predicted octanol–water partition coefficient (Wildman–Crippen LogP) is 2.60. The van der Waals surface area contributed by atoms with Crippen molar-refractivity contribution in [3.05, 3.63) is 22.4 Å². The van der Waals surface area contributed by atoms with Crippen molar-refractivity contribution in [1.29, 1.82) is 0 Å². The van der Waals surface area contributed by atoms with Gasteiger partial charge in [-0.3, -0.25) is 4.79 Å². The number of carbonyl (C=O) groups is 2. The molecule has 100 valence electrons. The molecule has 4 nitrogen and oxygen atoms in total. The van der Waals surface area contributed by atoms with Gasteiger partial charge >= 0.3 is 5.97 Å². The third-order valence-electron chi connectivity index (χ3n) is 2.72. The van der Waals surface area contributed by atoms with Crippen molar-refractivity contribution in [3.63, 3.8) is 0 Å². The van der Waals surface area contributed by atoms with Crippen molar-refractivity contribution < 1.29 is 14.3 Å². The molecule has 18 heavy (non-hydrogen) atoms. The first-order valence-corrected chi connectivity index (χ1v) is 6.80. The summed E-state index contributed by atoms with van der Waals surface area (Å²) >= 11 is 1.30.